The zero-order chi connectivity index (χ0) is 27.5. The molecule has 0 atom stereocenters. The van der Waals surface area contributed by atoms with Crippen molar-refractivity contribution >= 4 is 39.7 Å². The first-order chi connectivity index (χ1) is 18.9. The second-order valence-electron chi connectivity index (χ2n) is 9.13. The first-order valence-electron chi connectivity index (χ1n) is 12.4. The van der Waals surface area contributed by atoms with Gasteiger partial charge < -0.3 is 25.6 Å². The number of aromatic carboxylic acids is 1. The molecular formula is C29H27N5O5. The SMILES string of the molecule is COc1ncc(-c2ccc3c(Nc4cc(C(=O)O)cc(C5=CCCCC5)c4)c(C(N)=O)cnc3c2)c(OC)n1. The van der Waals surface area contributed by atoms with Gasteiger partial charge in [0.25, 0.3) is 5.91 Å². The van der Waals surface area contributed by atoms with Gasteiger partial charge in [-0.1, -0.05) is 18.2 Å². The molecule has 1 aliphatic carbocycles. The van der Waals surface area contributed by atoms with E-state index in [2.05, 4.69) is 26.3 Å². The van der Waals surface area contributed by atoms with Gasteiger partial charge >= 0.3 is 12.0 Å². The predicted octanol–water partition coefficient (Wildman–Crippen LogP) is 5.21. The third-order valence-electron chi connectivity index (χ3n) is 6.66. The Hall–Kier alpha value is -4.99. The van der Waals surface area contributed by atoms with Gasteiger partial charge in [-0.05, 0) is 66.6 Å². The Bertz CT molecular complexity index is 1630. The van der Waals surface area contributed by atoms with E-state index in [1.807, 2.05) is 24.3 Å². The third-order valence-corrected chi connectivity index (χ3v) is 6.66. The van der Waals surface area contributed by atoms with Gasteiger partial charge in [-0.25, -0.2) is 9.78 Å². The molecule has 0 saturated carbocycles. The van der Waals surface area contributed by atoms with Crippen LogP contribution in [0, 0.1) is 0 Å². The molecular weight excluding hydrogens is 498 g/mol. The molecule has 0 bridgehead atoms. The van der Waals surface area contributed by atoms with Gasteiger partial charge in [0.2, 0.25) is 5.88 Å². The fraction of sp³-hybridized carbons (Fsp3) is 0.207. The average molecular weight is 526 g/mol. The van der Waals surface area contributed by atoms with Gasteiger partial charge in [-0.3, -0.25) is 9.78 Å². The minimum absolute atomic E-state index is 0.148. The van der Waals surface area contributed by atoms with Gasteiger partial charge in [0.15, 0.2) is 0 Å². The van der Waals surface area contributed by atoms with E-state index >= 15 is 0 Å². The molecule has 4 aromatic rings. The maximum Gasteiger partial charge on any atom is 0.335 e. The van der Waals surface area contributed by atoms with Crippen molar-refractivity contribution in [3.05, 3.63) is 71.6 Å². The number of carbonyl (C=O) groups is 2. The van der Waals surface area contributed by atoms with Crippen molar-refractivity contribution in [1.29, 1.82) is 0 Å². The first-order valence-corrected chi connectivity index (χ1v) is 12.4. The van der Waals surface area contributed by atoms with E-state index in [9.17, 15) is 14.7 Å². The molecule has 2 aromatic carbocycles. The average Bonchev–Trinajstić information content (AvgIpc) is 2.96. The number of carboxylic acids is 1. The fourth-order valence-electron chi connectivity index (χ4n) is 4.74. The number of allylic oxidation sites excluding steroid dienone is 2. The lowest BCUT2D eigenvalue weighted by Gasteiger charge is -2.18. The van der Waals surface area contributed by atoms with Crippen LogP contribution in [-0.2, 0) is 0 Å². The fourth-order valence-corrected chi connectivity index (χ4v) is 4.74. The number of hydrogen-bond acceptors (Lipinski definition) is 8. The Kier molecular flexibility index (Phi) is 7.09. The van der Waals surface area contributed by atoms with E-state index in [1.165, 1.54) is 20.4 Å². The number of carboxylic acid groups (broad SMARTS) is 1. The van der Waals surface area contributed by atoms with Gasteiger partial charge in [-0.2, -0.15) is 4.98 Å². The van der Waals surface area contributed by atoms with Crippen molar-refractivity contribution in [2.75, 3.05) is 19.5 Å². The number of aromatic nitrogens is 3. The summed E-state index contributed by atoms with van der Waals surface area (Å²) in [5, 5.41) is 13.7. The van der Waals surface area contributed by atoms with Crippen molar-refractivity contribution in [1.82, 2.24) is 15.0 Å². The number of nitrogens with zero attached hydrogens (tertiary/aromatic N) is 3. The van der Waals surface area contributed by atoms with Crippen LogP contribution in [0.3, 0.4) is 0 Å². The van der Waals surface area contributed by atoms with E-state index < -0.39 is 11.9 Å². The molecule has 2 heterocycles. The smallest absolute Gasteiger partial charge is 0.335 e. The topological polar surface area (TPSA) is 150 Å². The van der Waals surface area contributed by atoms with Crippen molar-refractivity contribution in [3.8, 4) is 23.0 Å². The van der Waals surface area contributed by atoms with E-state index in [0.29, 0.717) is 33.7 Å². The number of nitrogens with one attached hydrogen (secondary N) is 1. The van der Waals surface area contributed by atoms with E-state index in [0.717, 1.165) is 42.4 Å². The van der Waals surface area contributed by atoms with Crippen LogP contribution in [0.25, 0.3) is 27.6 Å². The molecule has 0 fully saturated rings. The number of amides is 1. The Balaban J connectivity index is 1.62. The number of methoxy groups -OCH3 is 2. The van der Waals surface area contributed by atoms with Crippen LogP contribution in [0.5, 0.6) is 11.9 Å². The van der Waals surface area contributed by atoms with Crippen LogP contribution >= 0.6 is 0 Å². The molecule has 0 saturated heterocycles. The molecule has 4 N–H and O–H groups in total. The number of carbonyl (C=O) groups excluding carboxylic acids is 1. The van der Waals surface area contributed by atoms with Gasteiger partial charge in [-0.15, -0.1) is 0 Å². The quantitative estimate of drug-likeness (QED) is 0.282. The summed E-state index contributed by atoms with van der Waals surface area (Å²) in [5.41, 5.74) is 10.9. The maximum absolute atomic E-state index is 12.4. The standard InChI is InChI=1S/C29H27N5O5/c1-38-27-22(14-32-29(34-27)39-2)17-8-9-21-24(13-17)31-15-23(26(30)35)25(21)33-20-11-18(10-19(12-20)28(36)37)16-6-4-3-5-7-16/h6,8-15H,3-5,7H2,1-2H3,(H2,30,35)(H,31,33)(H,36,37). The summed E-state index contributed by atoms with van der Waals surface area (Å²) < 4.78 is 10.5. The van der Waals surface area contributed by atoms with E-state index in [4.69, 9.17) is 15.2 Å². The Labute approximate surface area is 224 Å². The van der Waals surface area contributed by atoms with Crippen LogP contribution in [0.15, 0.2) is 54.9 Å². The summed E-state index contributed by atoms with van der Waals surface area (Å²) in [4.78, 5) is 37.2. The monoisotopic (exact) mass is 525 g/mol. The number of rotatable bonds is 8. The second-order valence-corrected chi connectivity index (χ2v) is 9.13. The summed E-state index contributed by atoms with van der Waals surface area (Å²) in [5.74, 6) is -1.36. The highest BCUT2D eigenvalue weighted by atomic mass is 16.5. The highest BCUT2D eigenvalue weighted by Crippen LogP contribution is 2.36. The lowest BCUT2D eigenvalue weighted by molar-refractivity contribution is 0.0696. The number of nitrogens with two attached hydrogens (primary N) is 1. The Morgan fingerprint density at radius 3 is 2.54 bits per heavy atom. The molecule has 39 heavy (non-hydrogen) atoms. The number of fused-ring (bicyclic) bond motifs is 1. The molecule has 10 nitrogen and oxygen atoms in total. The number of benzene rings is 2. The minimum Gasteiger partial charge on any atom is -0.480 e. The molecule has 0 unspecified atom stereocenters. The largest absolute Gasteiger partial charge is 0.480 e. The highest BCUT2D eigenvalue weighted by Gasteiger charge is 2.18. The van der Waals surface area contributed by atoms with Crippen molar-refractivity contribution in [3.63, 3.8) is 0 Å². The Morgan fingerprint density at radius 2 is 1.85 bits per heavy atom. The van der Waals surface area contributed by atoms with Crippen LogP contribution in [-0.4, -0.2) is 46.2 Å². The molecule has 1 aliphatic rings. The molecule has 0 aliphatic heterocycles. The summed E-state index contributed by atoms with van der Waals surface area (Å²) in [7, 11) is 2.98. The van der Waals surface area contributed by atoms with Crippen LogP contribution in [0.4, 0.5) is 11.4 Å². The first kappa shape index (κ1) is 25.7. The lowest BCUT2D eigenvalue weighted by Crippen LogP contribution is -2.14. The Morgan fingerprint density at radius 1 is 1.00 bits per heavy atom. The minimum atomic E-state index is -1.04. The predicted molar refractivity (Wildman–Crippen MR) is 148 cm³/mol. The zero-order valence-corrected chi connectivity index (χ0v) is 21.5. The molecule has 1 amide bonds. The second kappa shape index (κ2) is 10.8. The van der Waals surface area contributed by atoms with Gasteiger partial charge in [0.05, 0.1) is 42.1 Å². The van der Waals surface area contributed by atoms with E-state index in [1.54, 1.807) is 18.3 Å². The number of primary amides is 1. The summed E-state index contributed by atoms with van der Waals surface area (Å²) in [6.07, 6.45) is 9.18. The summed E-state index contributed by atoms with van der Waals surface area (Å²) in [6, 6.07) is 10.8. The van der Waals surface area contributed by atoms with Crippen molar-refractivity contribution in [2.45, 2.75) is 25.7 Å². The molecule has 0 spiro atoms. The summed E-state index contributed by atoms with van der Waals surface area (Å²) >= 11 is 0. The van der Waals surface area contributed by atoms with Crippen molar-refractivity contribution < 1.29 is 24.2 Å². The van der Waals surface area contributed by atoms with Crippen LogP contribution in [0.1, 0.15) is 52.0 Å². The van der Waals surface area contributed by atoms with Crippen LogP contribution < -0.4 is 20.5 Å². The van der Waals surface area contributed by atoms with Crippen LogP contribution in [0.2, 0.25) is 0 Å². The lowest BCUT2D eigenvalue weighted by atomic mass is 9.92. The van der Waals surface area contributed by atoms with Gasteiger partial charge in [0.1, 0.15) is 0 Å². The van der Waals surface area contributed by atoms with Gasteiger partial charge in [0, 0.05) is 23.5 Å². The number of anilines is 2. The molecule has 5 rings (SSSR count). The zero-order valence-electron chi connectivity index (χ0n) is 21.5. The summed E-state index contributed by atoms with van der Waals surface area (Å²) in [6.45, 7) is 0. The number of hydrogen-bond donors (Lipinski definition) is 3. The normalized spacial score (nSPS) is 13.0. The molecule has 10 heteroatoms. The third kappa shape index (κ3) is 5.22. The molecule has 2 aromatic heterocycles. The van der Waals surface area contributed by atoms with Crippen molar-refractivity contribution in [2.24, 2.45) is 5.73 Å². The number of pyridine rings is 1. The number of ether oxygens (including phenoxy) is 2. The van der Waals surface area contributed by atoms with E-state index in [-0.39, 0.29) is 17.1 Å². The highest BCUT2D eigenvalue weighted by molar-refractivity contribution is 6.08. The molecule has 0 radical (unpaired) electrons. The molecule has 198 valence electrons. The maximum atomic E-state index is 12.4.